The van der Waals surface area contributed by atoms with Gasteiger partial charge in [0.05, 0.1) is 0 Å². The first-order valence-corrected chi connectivity index (χ1v) is 3.50. The molecule has 0 saturated carbocycles. The van der Waals surface area contributed by atoms with Crippen LogP contribution in [0.5, 0.6) is 0 Å². The third-order valence-electron chi connectivity index (χ3n) is 1.89. The van der Waals surface area contributed by atoms with Crippen molar-refractivity contribution in [3.63, 3.8) is 0 Å². The molecular formula is C7H15N2. The van der Waals surface area contributed by atoms with Gasteiger partial charge in [0.25, 0.3) is 0 Å². The zero-order valence-electron chi connectivity index (χ0n) is 6.22. The number of nitrogens with zero attached hydrogens (tertiary/aromatic N) is 1. The van der Waals surface area contributed by atoms with E-state index in [1.807, 2.05) is 0 Å². The van der Waals surface area contributed by atoms with Gasteiger partial charge in [-0.2, -0.15) is 0 Å². The molecule has 1 aliphatic heterocycles. The highest BCUT2D eigenvalue weighted by atomic mass is 15.2. The van der Waals surface area contributed by atoms with Crippen LogP contribution in [-0.4, -0.2) is 30.1 Å². The van der Waals surface area contributed by atoms with Crippen LogP contribution in [0.2, 0.25) is 0 Å². The second-order valence-corrected chi connectivity index (χ2v) is 2.93. The first kappa shape index (κ1) is 7.03. The summed E-state index contributed by atoms with van der Waals surface area (Å²) in [5.41, 5.74) is 0. The molecule has 2 heteroatoms. The van der Waals surface area contributed by atoms with Crippen molar-refractivity contribution in [3.8, 4) is 0 Å². The largest absolute Gasteiger partial charge is 0.311 e. The van der Waals surface area contributed by atoms with Crippen LogP contribution in [0.15, 0.2) is 0 Å². The Morgan fingerprint density at radius 1 is 1.56 bits per heavy atom. The van der Waals surface area contributed by atoms with Gasteiger partial charge in [0.15, 0.2) is 0 Å². The van der Waals surface area contributed by atoms with Crippen molar-refractivity contribution in [1.82, 2.24) is 10.2 Å². The standard InChI is InChI=1S/C7H15N2/c1-6-5-9(3)7(2)4-8-6/h6-8H,3-5H2,1-2H3. The van der Waals surface area contributed by atoms with Gasteiger partial charge in [0.1, 0.15) is 0 Å². The quantitative estimate of drug-likeness (QED) is 0.508. The summed E-state index contributed by atoms with van der Waals surface area (Å²) >= 11 is 0. The van der Waals surface area contributed by atoms with Gasteiger partial charge < -0.3 is 5.32 Å². The van der Waals surface area contributed by atoms with Gasteiger partial charge >= 0.3 is 0 Å². The maximum Gasteiger partial charge on any atom is 0.0193 e. The Bertz CT molecular complexity index is 92.9. The van der Waals surface area contributed by atoms with E-state index in [0.29, 0.717) is 12.1 Å². The number of rotatable bonds is 0. The van der Waals surface area contributed by atoms with Crippen molar-refractivity contribution >= 4 is 0 Å². The molecule has 1 fully saturated rings. The van der Waals surface area contributed by atoms with Gasteiger partial charge in [-0.05, 0) is 13.8 Å². The molecule has 0 aromatic rings. The van der Waals surface area contributed by atoms with Crippen molar-refractivity contribution in [2.24, 2.45) is 0 Å². The normalized spacial score (nSPS) is 39.0. The molecule has 2 nitrogen and oxygen atoms in total. The van der Waals surface area contributed by atoms with E-state index >= 15 is 0 Å². The Morgan fingerprint density at radius 3 is 2.67 bits per heavy atom. The van der Waals surface area contributed by atoms with E-state index in [0.717, 1.165) is 13.1 Å². The summed E-state index contributed by atoms with van der Waals surface area (Å²) in [6, 6.07) is 1.21. The Hall–Kier alpha value is -0.0800. The molecule has 0 spiro atoms. The molecule has 9 heavy (non-hydrogen) atoms. The molecule has 1 rings (SSSR count). The zero-order valence-corrected chi connectivity index (χ0v) is 6.22. The van der Waals surface area contributed by atoms with E-state index in [-0.39, 0.29) is 0 Å². The molecule has 2 atom stereocenters. The third-order valence-corrected chi connectivity index (χ3v) is 1.89. The highest BCUT2D eigenvalue weighted by Crippen LogP contribution is 2.02. The molecule has 0 aliphatic carbocycles. The van der Waals surface area contributed by atoms with Crippen LogP contribution in [-0.2, 0) is 0 Å². The molecular weight excluding hydrogens is 112 g/mol. The molecule has 1 N–H and O–H groups in total. The van der Waals surface area contributed by atoms with E-state index in [9.17, 15) is 0 Å². The van der Waals surface area contributed by atoms with Crippen molar-refractivity contribution in [2.45, 2.75) is 25.9 Å². The van der Waals surface area contributed by atoms with Crippen LogP contribution in [0, 0.1) is 7.05 Å². The van der Waals surface area contributed by atoms with Crippen molar-refractivity contribution < 1.29 is 0 Å². The average molecular weight is 127 g/mol. The first-order chi connectivity index (χ1) is 4.20. The minimum atomic E-state index is 0.598. The molecule has 0 bridgehead atoms. The predicted molar refractivity (Wildman–Crippen MR) is 39.0 cm³/mol. The summed E-state index contributed by atoms with van der Waals surface area (Å²) in [7, 11) is 3.92. The smallest absolute Gasteiger partial charge is 0.0193 e. The van der Waals surface area contributed by atoms with E-state index in [2.05, 4.69) is 31.1 Å². The summed E-state index contributed by atoms with van der Waals surface area (Å²) in [5.74, 6) is 0. The van der Waals surface area contributed by atoms with Crippen molar-refractivity contribution in [2.75, 3.05) is 13.1 Å². The van der Waals surface area contributed by atoms with E-state index in [1.54, 1.807) is 0 Å². The van der Waals surface area contributed by atoms with Crippen molar-refractivity contribution in [1.29, 1.82) is 0 Å². The molecule has 0 aromatic heterocycles. The van der Waals surface area contributed by atoms with Crippen LogP contribution >= 0.6 is 0 Å². The molecule has 1 heterocycles. The van der Waals surface area contributed by atoms with E-state index in [4.69, 9.17) is 0 Å². The molecule has 1 radical (unpaired) electrons. The Kier molecular flexibility index (Phi) is 2.09. The minimum absolute atomic E-state index is 0.598. The second-order valence-electron chi connectivity index (χ2n) is 2.93. The van der Waals surface area contributed by atoms with Crippen LogP contribution in [0.3, 0.4) is 0 Å². The second kappa shape index (κ2) is 2.67. The van der Waals surface area contributed by atoms with Crippen LogP contribution in [0.25, 0.3) is 0 Å². The lowest BCUT2D eigenvalue weighted by Gasteiger charge is -2.34. The van der Waals surface area contributed by atoms with Gasteiger partial charge in [-0.25, -0.2) is 0 Å². The summed E-state index contributed by atoms with van der Waals surface area (Å²) in [6.45, 7) is 6.52. The fourth-order valence-corrected chi connectivity index (χ4v) is 1.10. The number of hydrogen-bond acceptors (Lipinski definition) is 2. The topological polar surface area (TPSA) is 15.3 Å². The van der Waals surface area contributed by atoms with Crippen LogP contribution in [0.4, 0.5) is 0 Å². The Morgan fingerprint density at radius 2 is 2.22 bits per heavy atom. The average Bonchev–Trinajstić information content (AvgIpc) is 1.80. The minimum Gasteiger partial charge on any atom is -0.311 e. The number of nitrogens with one attached hydrogen (secondary N) is 1. The summed E-state index contributed by atoms with van der Waals surface area (Å²) < 4.78 is 0. The highest BCUT2D eigenvalue weighted by molar-refractivity contribution is 4.80. The zero-order chi connectivity index (χ0) is 6.85. The van der Waals surface area contributed by atoms with Crippen LogP contribution < -0.4 is 5.32 Å². The maximum atomic E-state index is 3.92. The highest BCUT2D eigenvalue weighted by Gasteiger charge is 2.17. The third kappa shape index (κ3) is 1.66. The monoisotopic (exact) mass is 127 g/mol. The van der Waals surface area contributed by atoms with Gasteiger partial charge in [0, 0.05) is 32.2 Å². The number of piperazine rings is 1. The lowest BCUT2D eigenvalue weighted by Crippen LogP contribution is -2.51. The summed E-state index contributed by atoms with van der Waals surface area (Å²) in [4.78, 5) is 2.14. The van der Waals surface area contributed by atoms with Gasteiger partial charge in [-0.3, -0.25) is 4.90 Å². The van der Waals surface area contributed by atoms with Crippen molar-refractivity contribution in [3.05, 3.63) is 7.05 Å². The fourth-order valence-electron chi connectivity index (χ4n) is 1.10. The molecule has 2 unspecified atom stereocenters. The van der Waals surface area contributed by atoms with Gasteiger partial charge in [-0.15, -0.1) is 0 Å². The van der Waals surface area contributed by atoms with Gasteiger partial charge in [0.2, 0.25) is 0 Å². The number of hydrogen-bond donors (Lipinski definition) is 1. The van der Waals surface area contributed by atoms with Crippen LogP contribution in [0.1, 0.15) is 13.8 Å². The summed E-state index contributed by atoms with van der Waals surface area (Å²) in [5, 5.41) is 3.38. The molecule has 1 aliphatic rings. The molecule has 0 aromatic carbocycles. The Labute approximate surface area is 57.2 Å². The maximum absolute atomic E-state index is 3.92. The fraction of sp³-hybridized carbons (Fsp3) is 0.857. The molecule has 1 saturated heterocycles. The SMILES string of the molecule is [CH2]N1CC(C)NCC1C. The molecule has 0 amide bonds. The van der Waals surface area contributed by atoms with E-state index < -0.39 is 0 Å². The Balaban J connectivity index is 2.35. The van der Waals surface area contributed by atoms with Gasteiger partial charge in [-0.1, -0.05) is 0 Å². The lowest BCUT2D eigenvalue weighted by molar-refractivity contribution is 0.204. The molecule has 53 valence electrons. The predicted octanol–water partition coefficient (Wildman–Crippen LogP) is 0.460. The first-order valence-electron chi connectivity index (χ1n) is 3.50. The lowest BCUT2D eigenvalue weighted by atomic mass is 10.2. The van der Waals surface area contributed by atoms with E-state index in [1.165, 1.54) is 0 Å². The summed E-state index contributed by atoms with van der Waals surface area (Å²) in [6.07, 6.45) is 0.